The SMILES string of the molecule is Cc1cnc(C)c(OC2CCN(c3ncc(C)s3)CC2)n1. The smallest absolute Gasteiger partial charge is 0.235 e. The average Bonchev–Trinajstić information content (AvgIpc) is 2.90. The highest BCUT2D eigenvalue weighted by molar-refractivity contribution is 7.15. The lowest BCUT2D eigenvalue weighted by atomic mass is 10.1. The highest BCUT2D eigenvalue weighted by atomic mass is 32.1. The van der Waals surface area contributed by atoms with E-state index in [9.17, 15) is 0 Å². The molecule has 0 amide bonds. The lowest BCUT2D eigenvalue weighted by molar-refractivity contribution is 0.161. The van der Waals surface area contributed by atoms with Crippen molar-refractivity contribution in [2.75, 3.05) is 18.0 Å². The molecule has 1 aliphatic heterocycles. The first-order valence-electron chi connectivity index (χ1n) is 7.26. The number of thiazole rings is 1. The van der Waals surface area contributed by atoms with Gasteiger partial charge in [0.15, 0.2) is 5.13 Å². The molecule has 1 saturated heterocycles. The van der Waals surface area contributed by atoms with Crippen LogP contribution in [-0.2, 0) is 0 Å². The molecular weight excluding hydrogens is 284 g/mol. The van der Waals surface area contributed by atoms with Crippen LogP contribution < -0.4 is 9.64 Å². The fourth-order valence-corrected chi connectivity index (χ4v) is 3.25. The van der Waals surface area contributed by atoms with Gasteiger partial charge in [-0.1, -0.05) is 0 Å². The second kappa shape index (κ2) is 5.97. The third kappa shape index (κ3) is 3.32. The maximum Gasteiger partial charge on any atom is 0.235 e. The molecule has 0 unspecified atom stereocenters. The zero-order valence-corrected chi connectivity index (χ0v) is 13.5. The van der Waals surface area contributed by atoms with Crippen molar-refractivity contribution in [3.8, 4) is 5.88 Å². The van der Waals surface area contributed by atoms with Crippen LogP contribution in [0.4, 0.5) is 5.13 Å². The predicted octanol–water partition coefficient (Wildman–Crippen LogP) is 2.91. The van der Waals surface area contributed by atoms with Gasteiger partial charge in [-0.25, -0.2) is 9.97 Å². The van der Waals surface area contributed by atoms with E-state index in [0.717, 1.165) is 42.5 Å². The van der Waals surface area contributed by atoms with Gasteiger partial charge in [-0.3, -0.25) is 4.98 Å². The molecule has 0 bridgehead atoms. The molecule has 6 heteroatoms. The van der Waals surface area contributed by atoms with Crippen LogP contribution in [0.5, 0.6) is 5.88 Å². The maximum absolute atomic E-state index is 6.04. The first-order chi connectivity index (χ1) is 10.1. The Kier molecular flexibility index (Phi) is 4.05. The topological polar surface area (TPSA) is 51.1 Å². The van der Waals surface area contributed by atoms with Crippen molar-refractivity contribution in [2.24, 2.45) is 0 Å². The van der Waals surface area contributed by atoms with Gasteiger partial charge in [-0.05, 0) is 20.8 Å². The first kappa shape index (κ1) is 14.3. The third-order valence-corrected chi connectivity index (χ3v) is 4.61. The number of nitrogens with zero attached hydrogens (tertiary/aromatic N) is 4. The Labute approximate surface area is 129 Å². The Bertz CT molecular complexity index is 620. The van der Waals surface area contributed by atoms with E-state index in [1.807, 2.05) is 20.0 Å². The predicted molar refractivity (Wildman–Crippen MR) is 84.2 cm³/mol. The minimum absolute atomic E-state index is 0.220. The number of anilines is 1. The Balaban J connectivity index is 1.60. The molecule has 21 heavy (non-hydrogen) atoms. The molecule has 112 valence electrons. The minimum atomic E-state index is 0.220. The van der Waals surface area contributed by atoms with Gasteiger partial charge in [0.05, 0.1) is 11.4 Å². The van der Waals surface area contributed by atoms with Crippen LogP contribution in [0, 0.1) is 20.8 Å². The van der Waals surface area contributed by atoms with Crippen molar-refractivity contribution < 1.29 is 4.74 Å². The van der Waals surface area contributed by atoms with Crippen LogP contribution in [0.25, 0.3) is 0 Å². The average molecular weight is 304 g/mol. The van der Waals surface area contributed by atoms with Gasteiger partial charge in [0.1, 0.15) is 6.10 Å². The van der Waals surface area contributed by atoms with Gasteiger partial charge >= 0.3 is 0 Å². The second-order valence-electron chi connectivity index (χ2n) is 5.46. The molecular formula is C15H20N4OS. The summed E-state index contributed by atoms with van der Waals surface area (Å²) >= 11 is 1.76. The van der Waals surface area contributed by atoms with Gasteiger partial charge in [-0.15, -0.1) is 11.3 Å². The largest absolute Gasteiger partial charge is 0.473 e. The van der Waals surface area contributed by atoms with Crippen molar-refractivity contribution in [2.45, 2.75) is 39.7 Å². The summed E-state index contributed by atoms with van der Waals surface area (Å²) in [4.78, 5) is 16.8. The van der Waals surface area contributed by atoms with Crippen molar-refractivity contribution in [3.63, 3.8) is 0 Å². The number of piperidine rings is 1. The summed E-state index contributed by atoms with van der Waals surface area (Å²) in [5, 5.41) is 1.12. The molecule has 0 radical (unpaired) electrons. The summed E-state index contributed by atoms with van der Waals surface area (Å²) in [6, 6.07) is 0. The molecule has 0 atom stereocenters. The van der Waals surface area contributed by atoms with Gasteiger partial charge < -0.3 is 9.64 Å². The quantitative estimate of drug-likeness (QED) is 0.872. The highest BCUT2D eigenvalue weighted by Gasteiger charge is 2.23. The molecule has 0 saturated carbocycles. The van der Waals surface area contributed by atoms with Gasteiger partial charge in [0.2, 0.25) is 5.88 Å². The highest BCUT2D eigenvalue weighted by Crippen LogP contribution is 2.26. The molecule has 1 fully saturated rings. The number of rotatable bonds is 3. The van der Waals surface area contributed by atoms with E-state index in [-0.39, 0.29) is 6.10 Å². The third-order valence-electron chi connectivity index (χ3n) is 3.63. The Morgan fingerprint density at radius 1 is 1.14 bits per heavy atom. The van der Waals surface area contributed by atoms with Crippen LogP contribution in [-0.4, -0.2) is 34.1 Å². The van der Waals surface area contributed by atoms with E-state index in [2.05, 4.69) is 26.8 Å². The lowest BCUT2D eigenvalue weighted by Gasteiger charge is -2.31. The standard InChI is InChI=1S/C15H20N4OS/c1-10-8-16-12(3)14(18-10)20-13-4-6-19(7-5-13)15-17-9-11(2)21-15/h8-9,13H,4-7H2,1-3H3. The molecule has 0 spiro atoms. The van der Waals surface area contributed by atoms with E-state index in [1.54, 1.807) is 17.5 Å². The Morgan fingerprint density at radius 2 is 1.90 bits per heavy atom. The number of ether oxygens (including phenoxy) is 1. The normalized spacial score (nSPS) is 16.2. The van der Waals surface area contributed by atoms with Crippen LogP contribution >= 0.6 is 11.3 Å². The summed E-state index contributed by atoms with van der Waals surface area (Å²) in [5.41, 5.74) is 1.75. The number of hydrogen-bond acceptors (Lipinski definition) is 6. The summed E-state index contributed by atoms with van der Waals surface area (Å²) in [6.45, 7) is 7.93. The van der Waals surface area contributed by atoms with E-state index in [0.29, 0.717) is 5.88 Å². The van der Waals surface area contributed by atoms with Gasteiger partial charge in [0, 0.05) is 43.2 Å². The monoisotopic (exact) mass is 304 g/mol. The zero-order chi connectivity index (χ0) is 14.8. The Morgan fingerprint density at radius 3 is 2.57 bits per heavy atom. The molecule has 5 nitrogen and oxygen atoms in total. The van der Waals surface area contributed by atoms with Crippen molar-refractivity contribution in [1.29, 1.82) is 0 Å². The molecule has 1 aliphatic rings. The van der Waals surface area contributed by atoms with Crippen molar-refractivity contribution in [1.82, 2.24) is 15.0 Å². The van der Waals surface area contributed by atoms with Crippen LogP contribution in [0.2, 0.25) is 0 Å². The molecule has 2 aromatic rings. The molecule has 3 rings (SSSR count). The zero-order valence-electron chi connectivity index (χ0n) is 12.7. The number of aryl methyl sites for hydroxylation is 3. The number of hydrogen-bond donors (Lipinski definition) is 0. The fourth-order valence-electron chi connectivity index (χ4n) is 2.44. The minimum Gasteiger partial charge on any atom is -0.473 e. The van der Waals surface area contributed by atoms with E-state index >= 15 is 0 Å². The van der Waals surface area contributed by atoms with Gasteiger partial charge in [0.25, 0.3) is 0 Å². The van der Waals surface area contributed by atoms with Crippen molar-refractivity contribution >= 4 is 16.5 Å². The lowest BCUT2D eigenvalue weighted by Crippen LogP contribution is -2.38. The van der Waals surface area contributed by atoms with Crippen molar-refractivity contribution in [3.05, 3.63) is 28.7 Å². The first-order valence-corrected chi connectivity index (χ1v) is 8.08. The van der Waals surface area contributed by atoms with E-state index in [4.69, 9.17) is 4.74 Å². The van der Waals surface area contributed by atoms with Crippen LogP contribution in [0.1, 0.15) is 29.1 Å². The molecule has 2 aromatic heterocycles. The molecule has 0 N–H and O–H groups in total. The van der Waals surface area contributed by atoms with Crippen LogP contribution in [0.3, 0.4) is 0 Å². The second-order valence-corrected chi connectivity index (χ2v) is 6.67. The Hall–Kier alpha value is -1.69. The number of aromatic nitrogens is 3. The molecule has 0 aliphatic carbocycles. The molecule has 0 aromatic carbocycles. The summed E-state index contributed by atoms with van der Waals surface area (Å²) in [7, 11) is 0. The maximum atomic E-state index is 6.04. The van der Waals surface area contributed by atoms with Crippen LogP contribution in [0.15, 0.2) is 12.4 Å². The van der Waals surface area contributed by atoms with E-state index < -0.39 is 0 Å². The molecule has 3 heterocycles. The van der Waals surface area contributed by atoms with E-state index in [1.165, 1.54) is 4.88 Å². The van der Waals surface area contributed by atoms with Gasteiger partial charge in [-0.2, -0.15) is 0 Å². The summed E-state index contributed by atoms with van der Waals surface area (Å²) in [5.74, 6) is 0.679. The summed E-state index contributed by atoms with van der Waals surface area (Å²) < 4.78 is 6.04. The summed E-state index contributed by atoms with van der Waals surface area (Å²) in [6.07, 6.45) is 5.92. The fraction of sp³-hybridized carbons (Fsp3) is 0.533.